The summed E-state index contributed by atoms with van der Waals surface area (Å²) in [5, 5.41) is 7.41. The highest BCUT2D eigenvalue weighted by Gasteiger charge is 2.22. The molecule has 1 unspecified atom stereocenters. The van der Waals surface area contributed by atoms with E-state index in [2.05, 4.69) is 10.4 Å². The lowest BCUT2D eigenvalue weighted by Gasteiger charge is -2.22. The number of carbonyl (C=O) groups excluding carboxylic acids is 2. The van der Waals surface area contributed by atoms with Gasteiger partial charge in [-0.2, -0.15) is 5.10 Å². The van der Waals surface area contributed by atoms with Crippen LogP contribution in [-0.4, -0.2) is 39.6 Å². The van der Waals surface area contributed by atoms with Crippen LogP contribution < -0.4 is 5.32 Å². The highest BCUT2D eigenvalue weighted by atomic mass is 16.2. The lowest BCUT2D eigenvalue weighted by Crippen LogP contribution is -2.45. The molecule has 0 saturated carbocycles. The van der Waals surface area contributed by atoms with Crippen LogP contribution in [0.3, 0.4) is 0 Å². The minimum Gasteiger partial charge on any atom is -0.341 e. The van der Waals surface area contributed by atoms with Crippen molar-refractivity contribution in [2.75, 3.05) is 7.05 Å². The number of likely N-dealkylation sites (N-methyl/N-ethyl adjacent to an activating group) is 1. The van der Waals surface area contributed by atoms with Gasteiger partial charge in [0.2, 0.25) is 5.91 Å². The van der Waals surface area contributed by atoms with Gasteiger partial charge >= 0.3 is 0 Å². The van der Waals surface area contributed by atoms with E-state index >= 15 is 0 Å². The van der Waals surface area contributed by atoms with Crippen LogP contribution in [-0.2, 0) is 11.3 Å². The summed E-state index contributed by atoms with van der Waals surface area (Å²) in [5.74, 6) is -0.412. The van der Waals surface area contributed by atoms with Crippen LogP contribution in [0.5, 0.6) is 0 Å². The molecule has 29 heavy (non-hydrogen) atoms. The molecule has 150 valence electrons. The first kappa shape index (κ1) is 20.3. The number of aryl methyl sites for hydroxylation is 1. The minimum atomic E-state index is -0.627. The number of hydrogen-bond donors (Lipinski definition) is 1. The van der Waals surface area contributed by atoms with Gasteiger partial charge in [0, 0.05) is 30.4 Å². The first-order valence-corrected chi connectivity index (χ1v) is 9.60. The molecular formula is C23H26N4O2. The summed E-state index contributed by atoms with van der Waals surface area (Å²) in [6.07, 6.45) is 0. The summed E-state index contributed by atoms with van der Waals surface area (Å²) in [6.45, 7) is 6.07. The van der Waals surface area contributed by atoms with E-state index in [0.29, 0.717) is 12.1 Å². The molecule has 0 saturated heterocycles. The van der Waals surface area contributed by atoms with Gasteiger partial charge < -0.3 is 10.2 Å². The fourth-order valence-corrected chi connectivity index (χ4v) is 3.30. The number of nitrogens with zero attached hydrogens (tertiary/aromatic N) is 3. The predicted octanol–water partition coefficient (Wildman–Crippen LogP) is 3.27. The monoisotopic (exact) mass is 390 g/mol. The Morgan fingerprint density at radius 3 is 2.24 bits per heavy atom. The maximum atomic E-state index is 12.8. The number of rotatable bonds is 6. The van der Waals surface area contributed by atoms with E-state index in [-0.39, 0.29) is 11.8 Å². The van der Waals surface area contributed by atoms with E-state index in [9.17, 15) is 9.59 Å². The Morgan fingerprint density at radius 2 is 1.62 bits per heavy atom. The highest BCUT2D eigenvalue weighted by molar-refractivity contribution is 5.97. The van der Waals surface area contributed by atoms with Gasteiger partial charge in [0.15, 0.2) is 0 Å². The summed E-state index contributed by atoms with van der Waals surface area (Å²) >= 11 is 0. The van der Waals surface area contributed by atoms with Crippen LogP contribution in [0.4, 0.5) is 0 Å². The molecule has 0 aliphatic heterocycles. The van der Waals surface area contributed by atoms with Crippen molar-refractivity contribution in [2.45, 2.75) is 33.4 Å². The van der Waals surface area contributed by atoms with Gasteiger partial charge in [0.1, 0.15) is 6.04 Å². The van der Waals surface area contributed by atoms with Crippen molar-refractivity contribution in [3.63, 3.8) is 0 Å². The number of benzene rings is 2. The molecule has 0 bridgehead atoms. The Labute approximate surface area is 171 Å². The van der Waals surface area contributed by atoms with Gasteiger partial charge in [-0.3, -0.25) is 9.59 Å². The second-order valence-electron chi connectivity index (χ2n) is 7.15. The average molecular weight is 390 g/mol. The molecule has 6 nitrogen and oxygen atoms in total. The molecule has 3 rings (SSSR count). The molecule has 1 N–H and O–H groups in total. The Hall–Kier alpha value is -3.41. The van der Waals surface area contributed by atoms with Crippen LogP contribution in [0, 0.1) is 13.8 Å². The van der Waals surface area contributed by atoms with Crippen LogP contribution in [0.2, 0.25) is 0 Å². The number of aromatic nitrogens is 2. The van der Waals surface area contributed by atoms with E-state index in [1.165, 1.54) is 0 Å². The van der Waals surface area contributed by atoms with E-state index in [0.717, 1.165) is 22.6 Å². The third kappa shape index (κ3) is 4.54. The van der Waals surface area contributed by atoms with Crippen LogP contribution in [0.25, 0.3) is 5.69 Å². The predicted molar refractivity (Wildman–Crippen MR) is 113 cm³/mol. The standard InChI is InChI=1S/C23H26N4O2/c1-16-21(18(3)27(25-16)20-13-9-6-10-14-20)15-26(4)23(29)17(2)24-22(28)19-11-7-5-8-12-19/h5-14,17H,15H2,1-4H3,(H,24,28). The molecule has 0 aliphatic rings. The van der Waals surface area contributed by atoms with Crippen molar-refractivity contribution in [1.29, 1.82) is 0 Å². The molecular weight excluding hydrogens is 364 g/mol. The number of hydrogen-bond acceptors (Lipinski definition) is 3. The van der Waals surface area contributed by atoms with Crippen molar-refractivity contribution in [1.82, 2.24) is 20.0 Å². The molecule has 1 atom stereocenters. The molecule has 0 radical (unpaired) electrons. The number of amides is 2. The van der Waals surface area contributed by atoms with E-state index in [4.69, 9.17) is 0 Å². The van der Waals surface area contributed by atoms with Crippen LogP contribution >= 0.6 is 0 Å². The second kappa shape index (κ2) is 8.73. The maximum Gasteiger partial charge on any atom is 0.251 e. The van der Waals surface area contributed by atoms with E-state index < -0.39 is 6.04 Å². The highest BCUT2D eigenvalue weighted by Crippen LogP contribution is 2.19. The minimum absolute atomic E-state index is 0.152. The molecule has 1 aromatic heterocycles. The van der Waals surface area contributed by atoms with Crippen molar-refractivity contribution in [3.05, 3.63) is 83.2 Å². The zero-order chi connectivity index (χ0) is 21.0. The van der Waals surface area contributed by atoms with Crippen LogP contribution in [0.1, 0.15) is 34.2 Å². The SMILES string of the molecule is Cc1nn(-c2ccccc2)c(C)c1CN(C)C(=O)C(C)NC(=O)c1ccccc1. The lowest BCUT2D eigenvalue weighted by molar-refractivity contribution is -0.132. The Bertz CT molecular complexity index is 996. The summed E-state index contributed by atoms with van der Waals surface area (Å²) in [7, 11) is 1.74. The first-order chi connectivity index (χ1) is 13.9. The van der Waals surface area contributed by atoms with Gasteiger partial charge in [-0.05, 0) is 45.0 Å². The van der Waals surface area contributed by atoms with E-state index in [1.807, 2.05) is 54.9 Å². The van der Waals surface area contributed by atoms with Gasteiger partial charge in [0.25, 0.3) is 5.91 Å². The summed E-state index contributed by atoms with van der Waals surface area (Å²) < 4.78 is 1.89. The third-order valence-corrected chi connectivity index (χ3v) is 4.97. The Morgan fingerprint density at radius 1 is 1.03 bits per heavy atom. The summed E-state index contributed by atoms with van der Waals surface area (Å²) in [5.41, 5.74) is 4.40. The van der Waals surface area contributed by atoms with Gasteiger partial charge in [-0.25, -0.2) is 4.68 Å². The van der Waals surface area contributed by atoms with Gasteiger partial charge in [0.05, 0.1) is 11.4 Å². The molecule has 6 heteroatoms. The zero-order valence-corrected chi connectivity index (χ0v) is 17.2. The fraction of sp³-hybridized carbons (Fsp3) is 0.261. The normalized spacial score (nSPS) is 11.7. The van der Waals surface area contributed by atoms with Crippen molar-refractivity contribution in [2.24, 2.45) is 0 Å². The van der Waals surface area contributed by atoms with Crippen molar-refractivity contribution >= 4 is 11.8 Å². The van der Waals surface area contributed by atoms with Crippen LogP contribution in [0.15, 0.2) is 60.7 Å². The smallest absolute Gasteiger partial charge is 0.251 e. The molecule has 0 aliphatic carbocycles. The number of carbonyl (C=O) groups is 2. The van der Waals surface area contributed by atoms with Crippen molar-refractivity contribution < 1.29 is 9.59 Å². The van der Waals surface area contributed by atoms with Gasteiger partial charge in [-0.15, -0.1) is 0 Å². The molecule has 1 heterocycles. The number of nitrogens with one attached hydrogen (secondary N) is 1. The fourth-order valence-electron chi connectivity index (χ4n) is 3.30. The molecule has 0 spiro atoms. The van der Waals surface area contributed by atoms with Crippen molar-refractivity contribution in [3.8, 4) is 5.69 Å². The topological polar surface area (TPSA) is 67.2 Å². The zero-order valence-electron chi connectivity index (χ0n) is 17.2. The molecule has 2 aromatic carbocycles. The summed E-state index contributed by atoms with van der Waals surface area (Å²) in [4.78, 5) is 26.7. The quantitative estimate of drug-likeness (QED) is 0.702. The second-order valence-corrected chi connectivity index (χ2v) is 7.15. The number of para-hydroxylation sites is 1. The van der Waals surface area contributed by atoms with E-state index in [1.54, 1.807) is 43.1 Å². The largest absolute Gasteiger partial charge is 0.341 e. The first-order valence-electron chi connectivity index (χ1n) is 9.60. The summed E-state index contributed by atoms with van der Waals surface area (Å²) in [6, 6.07) is 18.2. The Kier molecular flexibility index (Phi) is 6.12. The maximum absolute atomic E-state index is 12.8. The molecule has 2 amide bonds. The third-order valence-electron chi connectivity index (χ3n) is 4.97. The average Bonchev–Trinajstić information content (AvgIpc) is 3.02. The Balaban J connectivity index is 1.70. The van der Waals surface area contributed by atoms with Gasteiger partial charge in [-0.1, -0.05) is 36.4 Å². The molecule has 3 aromatic rings. The lowest BCUT2D eigenvalue weighted by atomic mass is 10.1. The molecule has 0 fully saturated rings.